The van der Waals surface area contributed by atoms with E-state index in [1.54, 1.807) is 18.3 Å². The number of aromatic nitrogens is 1. The first-order valence-electron chi connectivity index (χ1n) is 8.50. The molecule has 5 nitrogen and oxygen atoms in total. The molecule has 7 heteroatoms. The van der Waals surface area contributed by atoms with Gasteiger partial charge in [-0.05, 0) is 72.1 Å². The van der Waals surface area contributed by atoms with E-state index >= 15 is 0 Å². The van der Waals surface area contributed by atoms with E-state index in [-0.39, 0.29) is 0 Å². The van der Waals surface area contributed by atoms with Crippen LogP contribution in [0.25, 0.3) is 10.9 Å². The first-order valence-corrected chi connectivity index (χ1v) is 11.1. The molecular weight excluding hydrogens is 461 g/mol. The molecule has 1 aliphatic heterocycles. The fourth-order valence-electron chi connectivity index (χ4n) is 3.32. The number of hydrogen-bond acceptors (Lipinski definition) is 4. The van der Waals surface area contributed by atoms with Crippen LogP contribution in [0, 0.1) is 3.57 Å². The minimum atomic E-state index is -3.56. The lowest BCUT2D eigenvalue weighted by Gasteiger charge is -2.34. The average molecular weight is 481 g/mol. The molecule has 0 amide bonds. The Morgan fingerprint density at radius 2 is 1.69 bits per heavy atom. The minimum absolute atomic E-state index is 0.329. The molecule has 0 bridgehead atoms. The Kier molecular flexibility index (Phi) is 4.70. The van der Waals surface area contributed by atoms with Gasteiger partial charge in [0.05, 0.1) is 9.79 Å². The van der Waals surface area contributed by atoms with Gasteiger partial charge in [0.1, 0.15) is 0 Å². The molecule has 1 saturated heterocycles. The van der Waals surface area contributed by atoms with Gasteiger partial charge in [-0.25, -0.2) is 8.42 Å². The van der Waals surface area contributed by atoms with Crippen molar-refractivity contribution in [2.45, 2.75) is 9.79 Å². The lowest BCUT2D eigenvalue weighted by molar-refractivity contribution is 0.313. The van der Waals surface area contributed by atoms with E-state index in [2.05, 4.69) is 44.4 Å². The SMILES string of the molecule is CN1CCN(c2ccc(S(=O)(=O)c3c[nH]c4ccc(I)cc34)cc2)CC1. The van der Waals surface area contributed by atoms with Crippen LogP contribution in [0.15, 0.2) is 58.5 Å². The van der Waals surface area contributed by atoms with E-state index in [0.717, 1.165) is 46.3 Å². The summed E-state index contributed by atoms with van der Waals surface area (Å²) >= 11 is 2.20. The molecule has 0 unspecified atom stereocenters. The molecule has 4 rings (SSSR count). The summed E-state index contributed by atoms with van der Waals surface area (Å²) in [7, 11) is -1.44. The number of halogens is 1. The summed E-state index contributed by atoms with van der Waals surface area (Å²) in [6, 6.07) is 13.0. The molecule has 0 atom stereocenters. The summed E-state index contributed by atoms with van der Waals surface area (Å²) < 4.78 is 27.2. The van der Waals surface area contributed by atoms with Crippen LogP contribution >= 0.6 is 22.6 Å². The number of benzene rings is 2. The molecule has 0 saturated carbocycles. The smallest absolute Gasteiger partial charge is 0.208 e. The zero-order valence-electron chi connectivity index (χ0n) is 14.4. The zero-order chi connectivity index (χ0) is 18.3. The van der Waals surface area contributed by atoms with E-state index in [1.165, 1.54) is 0 Å². The summed E-state index contributed by atoms with van der Waals surface area (Å²) in [6.45, 7) is 3.97. The van der Waals surface area contributed by atoms with E-state index in [9.17, 15) is 8.42 Å². The highest BCUT2D eigenvalue weighted by Crippen LogP contribution is 2.30. The maximum Gasteiger partial charge on any atom is 0.208 e. The Morgan fingerprint density at radius 3 is 2.38 bits per heavy atom. The van der Waals surface area contributed by atoms with E-state index in [0.29, 0.717) is 9.79 Å². The van der Waals surface area contributed by atoms with Crippen LogP contribution in [0.1, 0.15) is 0 Å². The van der Waals surface area contributed by atoms with Crippen molar-refractivity contribution < 1.29 is 8.42 Å². The second-order valence-corrected chi connectivity index (χ2v) is 9.79. The number of hydrogen-bond donors (Lipinski definition) is 1. The number of likely N-dealkylation sites (N-methyl/N-ethyl adjacent to an activating group) is 1. The van der Waals surface area contributed by atoms with Crippen LogP contribution in [0.2, 0.25) is 0 Å². The number of sulfone groups is 1. The molecule has 1 aromatic heterocycles. The quantitative estimate of drug-likeness (QED) is 0.584. The monoisotopic (exact) mass is 481 g/mol. The number of rotatable bonds is 3. The lowest BCUT2D eigenvalue weighted by Crippen LogP contribution is -2.44. The summed E-state index contributed by atoms with van der Waals surface area (Å²) in [6.07, 6.45) is 1.59. The number of piperazine rings is 1. The van der Waals surface area contributed by atoms with Gasteiger partial charge in [0.2, 0.25) is 9.84 Å². The van der Waals surface area contributed by atoms with Crippen molar-refractivity contribution in [2.75, 3.05) is 38.1 Å². The van der Waals surface area contributed by atoms with Gasteiger partial charge in [-0.2, -0.15) is 0 Å². The molecule has 136 valence electrons. The van der Waals surface area contributed by atoms with Crippen LogP contribution < -0.4 is 4.90 Å². The Labute approximate surface area is 167 Å². The molecular formula is C19H20IN3O2S. The molecule has 3 aromatic rings. The molecule has 1 aliphatic rings. The Hall–Kier alpha value is -1.58. The van der Waals surface area contributed by atoms with Gasteiger partial charge in [0, 0.05) is 52.5 Å². The second-order valence-electron chi connectivity index (χ2n) is 6.63. The van der Waals surface area contributed by atoms with Crippen molar-refractivity contribution in [3.05, 3.63) is 52.2 Å². The lowest BCUT2D eigenvalue weighted by atomic mass is 10.2. The number of fused-ring (bicyclic) bond motifs is 1. The topological polar surface area (TPSA) is 56.4 Å². The number of nitrogens with zero attached hydrogens (tertiary/aromatic N) is 2. The Balaban J connectivity index is 1.66. The standard InChI is InChI=1S/C19H20IN3O2S/c1-22-8-10-23(11-9-22)15-3-5-16(6-4-15)26(24,25)19-13-21-18-7-2-14(20)12-17(18)19/h2-7,12-13,21H,8-11H2,1H3. The fourth-order valence-corrected chi connectivity index (χ4v) is 5.23. The third-order valence-electron chi connectivity index (χ3n) is 4.91. The van der Waals surface area contributed by atoms with Crippen LogP contribution in [0.3, 0.4) is 0 Å². The van der Waals surface area contributed by atoms with Crippen molar-refractivity contribution in [3.63, 3.8) is 0 Å². The van der Waals surface area contributed by atoms with Crippen molar-refractivity contribution in [1.82, 2.24) is 9.88 Å². The number of nitrogens with one attached hydrogen (secondary N) is 1. The van der Waals surface area contributed by atoms with Gasteiger partial charge in [-0.3, -0.25) is 0 Å². The second kappa shape index (κ2) is 6.86. The number of anilines is 1. The van der Waals surface area contributed by atoms with Crippen molar-refractivity contribution in [3.8, 4) is 0 Å². The minimum Gasteiger partial charge on any atom is -0.369 e. The van der Waals surface area contributed by atoms with Crippen molar-refractivity contribution in [1.29, 1.82) is 0 Å². The highest BCUT2D eigenvalue weighted by atomic mass is 127. The van der Waals surface area contributed by atoms with E-state index < -0.39 is 9.84 Å². The van der Waals surface area contributed by atoms with Gasteiger partial charge < -0.3 is 14.8 Å². The van der Waals surface area contributed by atoms with E-state index in [4.69, 9.17) is 0 Å². The summed E-state index contributed by atoms with van der Waals surface area (Å²) in [5, 5.41) is 0.736. The van der Waals surface area contributed by atoms with E-state index in [1.807, 2.05) is 30.3 Å². The Bertz CT molecular complexity index is 1040. The van der Waals surface area contributed by atoms with Crippen LogP contribution in [-0.2, 0) is 9.84 Å². The molecule has 0 spiro atoms. The first-order chi connectivity index (χ1) is 12.4. The van der Waals surface area contributed by atoms with Gasteiger partial charge in [-0.1, -0.05) is 0 Å². The normalized spacial score (nSPS) is 16.3. The highest BCUT2D eigenvalue weighted by Gasteiger charge is 2.22. The summed E-state index contributed by atoms with van der Waals surface area (Å²) in [5.74, 6) is 0. The molecule has 1 fully saturated rings. The number of aromatic amines is 1. The molecule has 0 aliphatic carbocycles. The summed E-state index contributed by atoms with van der Waals surface area (Å²) in [5.41, 5.74) is 1.91. The number of H-pyrrole nitrogens is 1. The zero-order valence-corrected chi connectivity index (χ0v) is 17.4. The molecule has 2 aromatic carbocycles. The predicted molar refractivity (Wildman–Crippen MR) is 113 cm³/mol. The maximum atomic E-state index is 13.1. The average Bonchev–Trinajstić information content (AvgIpc) is 3.06. The molecule has 26 heavy (non-hydrogen) atoms. The van der Waals surface area contributed by atoms with Gasteiger partial charge in [0.25, 0.3) is 0 Å². The van der Waals surface area contributed by atoms with Gasteiger partial charge >= 0.3 is 0 Å². The molecule has 0 radical (unpaired) electrons. The third kappa shape index (κ3) is 3.23. The fraction of sp³-hybridized carbons (Fsp3) is 0.263. The molecule has 1 N–H and O–H groups in total. The largest absolute Gasteiger partial charge is 0.369 e. The van der Waals surface area contributed by atoms with Crippen LogP contribution in [0.4, 0.5) is 5.69 Å². The van der Waals surface area contributed by atoms with Crippen molar-refractivity contribution >= 4 is 49.0 Å². The molecule has 2 heterocycles. The van der Waals surface area contributed by atoms with Crippen LogP contribution in [-0.4, -0.2) is 51.5 Å². The highest BCUT2D eigenvalue weighted by molar-refractivity contribution is 14.1. The Morgan fingerprint density at radius 1 is 1.00 bits per heavy atom. The van der Waals surface area contributed by atoms with Crippen LogP contribution in [0.5, 0.6) is 0 Å². The third-order valence-corrected chi connectivity index (χ3v) is 7.39. The summed E-state index contributed by atoms with van der Waals surface area (Å²) in [4.78, 5) is 8.32. The first kappa shape index (κ1) is 17.8. The maximum absolute atomic E-state index is 13.1. The van der Waals surface area contributed by atoms with Crippen molar-refractivity contribution in [2.24, 2.45) is 0 Å². The van der Waals surface area contributed by atoms with Gasteiger partial charge in [-0.15, -0.1) is 0 Å². The predicted octanol–water partition coefficient (Wildman–Crippen LogP) is 3.36. The van der Waals surface area contributed by atoms with Gasteiger partial charge in [0.15, 0.2) is 0 Å².